The second kappa shape index (κ2) is 4.43. The van der Waals surface area contributed by atoms with E-state index in [4.69, 9.17) is 4.74 Å². The first-order valence-electron chi connectivity index (χ1n) is 3.86. The van der Waals surface area contributed by atoms with Crippen molar-refractivity contribution in [2.45, 2.75) is 13.3 Å². The third-order valence-corrected chi connectivity index (χ3v) is 1.59. The van der Waals surface area contributed by atoms with Crippen LogP contribution in [0.2, 0.25) is 0 Å². The number of aliphatic hydroxyl groups excluding tert-OH is 1. The molecule has 0 radical (unpaired) electrons. The van der Waals surface area contributed by atoms with Gasteiger partial charge in [0, 0.05) is 25.9 Å². The van der Waals surface area contributed by atoms with Gasteiger partial charge in [-0.1, -0.05) is 0 Å². The minimum Gasteiger partial charge on any atom is -0.356 e. The highest BCUT2D eigenvalue weighted by atomic mass is 16.6. The maximum Gasteiger partial charge on any atom is 0.216 e. The first-order chi connectivity index (χ1) is 5.34. The average molecular weight is 158 g/mol. The summed E-state index contributed by atoms with van der Waals surface area (Å²) in [5.41, 5.74) is 0. The Bertz CT molecular complexity index is 138. The van der Waals surface area contributed by atoms with Crippen LogP contribution in [0.1, 0.15) is 6.92 Å². The van der Waals surface area contributed by atoms with Gasteiger partial charge in [-0.05, 0) is 6.92 Å². The van der Waals surface area contributed by atoms with Gasteiger partial charge in [-0.2, -0.15) is 0 Å². The summed E-state index contributed by atoms with van der Waals surface area (Å²) in [5.74, 6) is 0. The zero-order valence-corrected chi connectivity index (χ0v) is 6.73. The highest BCUT2D eigenvalue weighted by Crippen LogP contribution is 1.99. The Morgan fingerprint density at radius 2 is 2.64 bits per heavy atom. The molecule has 0 bridgehead atoms. The highest BCUT2D eigenvalue weighted by Gasteiger charge is 2.15. The van der Waals surface area contributed by atoms with Crippen LogP contribution in [-0.2, 0) is 4.74 Å². The normalized spacial score (nSPS) is 22.0. The lowest BCUT2D eigenvalue weighted by Crippen LogP contribution is -2.42. The third-order valence-electron chi connectivity index (χ3n) is 1.59. The van der Waals surface area contributed by atoms with Crippen molar-refractivity contribution in [3.8, 4) is 0 Å². The van der Waals surface area contributed by atoms with E-state index in [-0.39, 0.29) is 0 Å². The van der Waals surface area contributed by atoms with Crippen molar-refractivity contribution in [3.05, 3.63) is 0 Å². The van der Waals surface area contributed by atoms with E-state index in [1.165, 1.54) is 0 Å². The van der Waals surface area contributed by atoms with E-state index in [0.29, 0.717) is 13.2 Å². The van der Waals surface area contributed by atoms with Gasteiger partial charge in [-0.15, -0.1) is 0 Å². The molecule has 64 valence electrons. The summed E-state index contributed by atoms with van der Waals surface area (Å²) in [6, 6.07) is 0. The topological polar surface area (TPSA) is 45.1 Å². The molecule has 1 rings (SSSR count). The number of hydrogen-bond acceptors (Lipinski definition) is 4. The van der Waals surface area contributed by atoms with Crippen molar-refractivity contribution >= 4 is 6.21 Å². The minimum atomic E-state index is -0.758. The first-order valence-corrected chi connectivity index (χ1v) is 3.86. The summed E-state index contributed by atoms with van der Waals surface area (Å²) in [7, 11) is 0. The summed E-state index contributed by atoms with van der Waals surface area (Å²) >= 11 is 0. The Morgan fingerprint density at radius 3 is 3.18 bits per heavy atom. The third kappa shape index (κ3) is 2.57. The fourth-order valence-corrected chi connectivity index (χ4v) is 0.986. The van der Waals surface area contributed by atoms with Crippen LogP contribution in [-0.4, -0.2) is 48.9 Å². The van der Waals surface area contributed by atoms with Crippen molar-refractivity contribution in [1.82, 2.24) is 4.90 Å². The molecule has 1 N–H and O–H groups in total. The summed E-state index contributed by atoms with van der Waals surface area (Å²) in [6.07, 6.45) is 1.04. The maximum absolute atomic E-state index is 9.32. The number of aliphatic hydroxyl groups is 1. The standard InChI is InChI=1S/C7H14N2O2/c1-2-11-7(10)9-5-3-8-4-6-9/h3,7,10H,2,4-6H2,1H3. The van der Waals surface area contributed by atoms with Gasteiger partial charge in [0.25, 0.3) is 0 Å². The molecule has 11 heavy (non-hydrogen) atoms. The van der Waals surface area contributed by atoms with Gasteiger partial charge in [0.05, 0.1) is 6.54 Å². The second-order valence-electron chi connectivity index (χ2n) is 2.37. The van der Waals surface area contributed by atoms with E-state index in [0.717, 1.165) is 13.1 Å². The molecule has 1 aliphatic heterocycles. The fourth-order valence-electron chi connectivity index (χ4n) is 0.986. The molecule has 4 nitrogen and oxygen atoms in total. The number of rotatable bonds is 3. The number of aliphatic imine (C=N–C) groups is 1. The van der Waals surface area contributed by atoms with Gasteiger partial charge in [-0.25, -0.2) is 4.90 Å². The lowest BCUT2D eigenvalue weighted by molar-refractivity contribution is -0.185. The van der Waals surface area contributed by atoms with Crippen LogP contribution in [0.15, 0.2) is 4.99 Å². The smallest absolute Gasteiger partial charge is 0.216 e. The molecule has 0 saturated carbocycles. The van der Waals surface area contributed by atoms with E-state index in [9.17, 15) is 5.11 Å². The molecule has 1 aliphatic rings. The lowest BCUT2D eigenvalue weighted by Gasteiger charge is -2.26. The van der Waals surface area contributed by atoms with Crippen LogP contribution in [0.3, 0.4) is 0 Å². The first kappa shape index (κ1) is 8.64. The van der Waals surface area contributed by atoms with E-state index in [1.807, 2.05) is 11.8 Å². The predicted molar refractivity (Wildman–Crippen MR) is 42.6 cm³/mol. The number of ether oxygens (including phenoxy) is 1. The maximum atomic E-state index is 9.32. The molecular weight excluding hydrogens is 144 g/mol. The van der Waals surface area contributed by atoms with Crippen molar-refractivity contribution in [1.29, 1.82) is 0 Å². The van der Waals surface area contributed by atoms with Crippen LogP contribution in [0.5, 0.6) is 0 Å². The monoisotopic (exact) mass is 158 g/mol. The quantitative estimate of drug-likeness (QED) is 0.573. The highest BCUT2D eigenvalue weighted by molar-refractivity contribution is 5.60. The molecule has 0 saturated heterocycles. The van der Waals surface area contributed by atoms with E-state index in [1.54, 1.807) is 6.21 Å². The van der Waals surface area contributed by atoms with Gasteiger partial charge >= 0.3 is 0 Å². The second-order valence-corrected chi connectivity index (χ2v) is 2.37. The van der Waals surface area contributed by atoms with Crippen LogP contribution in [0, 0.1) is 0 Å². The SMILES string of the molecule is CCOC(O)N1CC=NCC1. The van der Waals surface area contributed by atoms with Crippen molar-refractivity contribution in [2.24, 2.45) is 4.99 Å². The Hall–Kier alpha value is -0.450. The molecule has 0 aromatic heterocycles. The largest absolute Gasteiger partial charge is 0.356 e. The van der Waals surface area contributed by atoms with Crippen LogP contribution >= 0.6 is 0 Å². The molecule has 1 heterocycles. The van der Waals surface area contributed by atoms with E-state index < -0.39 is 6.41 Å². The van der Waals surface area contributed by atoms with Gasteiger partial charge in [0.15, 0.2) is 0 Å². The Kier molecular flexibility index (Phi) is 3.48. The van der Waals surface area contributed by atoms with Crippen LogP contribution in [0.25, 0.3) is 0 Å². The summed E-state index contributed by atoms with van der Waals surface area (Å²) < 4.78 is 5.00. The van der Waals surface area contributed by atoms with Gasteiger partial charge in [-0.3, -0.25) is 4.99 Å². The average Bonchev–Trinajstić information content (AvgIpc) is 2.07. The molecule has 0 spiro atoms. The zero-order chi connectivity index (χ0) is 8.10. The van der Waals surface area contributed by atoms with E-state index in [2.05, 4.69) is 4.99 Å². The van der Waals surface area contributed by atoms with Gasteiger partial charge < -0.3 is 9.84 Å². The van der Waals surface area contributed by atoms with Crippen molar-refractivity contribution in [2.75, 3.05) is 26.2 Å². The molecule has 4 heteroatoms. The fraction of sp³-hybridized carbons (Fsp3) is 0.857. The zero-order valence-electron chi connectivity index (χ0n) is 6.73. The lowest BCUT2D eigenvalue weighted by atomic mass is 10.4. The molecule has 1 unspecified atom stereocenters. The summed E-state index contributed by atoms with van der Waals surface area (Å²) in [4.78, 5) is 5.87. The van der Waals surface area contributed by atoms with Gasteiger partial charge in [0.2, 0.25) is 6.41 Å². The molecule has 0 aromatic carbocycles. The Morgan fingerprint density at radius 1 is 1.82 bits per heavy atom. The van der Waals surface area contributed by atoms with Crippen molar-refractivity contribution in [3.63, 3.8) is 0 Å². The number of hydrogen-bond donors (Lipinski definition) is 1. The molecule has 0 amide bonds. The molecule has 0 aromatic rings. The number of nitrogens with zero attached hydrogens (tertiary/aromatic N) is 2. The summed E-state index contributed by atoms with van der Waals surface area (Å²) in [5, 5.41) is 9.32. The molecule has 0 fully saturated rings. The molecular formula is C7H14N2O2. The minimum absolute atomic E-state index is 0.537. The predicted octanol–water partition coefficient (Wildman–Crippen LogP) is -0.315. The van der Waals surface area contributed by atoms with Gasteiger partial charge in [0.1, 0.15) is 0 Å². The van der Waals surface area contributed by atoms with Crippen LogP contribution in [0.4, 0.5) is 0 Å². The van der Waals surface area contributed by atoms with E-state index >= 15 is 0 Å². The molecule has 1 atom stereocenters. The Balaban J connectivity index is 2.28. The Labute approximate surface area is 66.5 Å². The van der Waals surface area contributed by atoms with Crippen LogP contribution < -0.4 is 0 Å². The molecule has 0 aliphatic carbocycles. The summed E-state index contributed by atoms with van der Waals surface area (Å²) in [6.45, 7) is 4.61. The van der Waals surface area contributed by atoms with Crippen molar-refractivity contribution < 1.29 is 9.84 Å².